The van der Waals surface area contributed by atoms with Crippen LogP contribution in [-0.2, 0) is 14.6 Å². The van der Waals surface area contributed by atoms with Crippen LogP contribution < -0.4 is 10.1 Å². The number of aryl methyl sites for hydroxylation is 1. The quantitative estimate of drug-likeness (QED) is 0.691. The summed E-state index contributed by atoms with van der Waals surface area (Å²) in [5.74, 6) is 0.298. The van der Waals surface area contributed by atoms with E-state index in [0.717, 1.165) is 11.8 Å². The Morgan fingerprint density at radius 1 is 1.15 bits per heavy atom. The van der Waals surface area contributed by atoms with E-state index in [-0.39, 0.29) is 23.4 Å². The van der Waals surface area contributed by atoms with Crippen LogP contribution in [0.2, 0.25) is 0 Å². The van der Waals surface area contributed by atoms with E-state index in [9.17, 15) is 13.2 Å². The molecule has 1 N–H and O–H groups in total. The van der Waals surface area contributed by atoms with Gasteiger partial charge < -0.3 is 9.15 Å². The van der Waals surface area contributed by atoms with Crippen molar-refractivity contribution in [2.24, 2.45) is 0 Å². The molecule has 3 rings (SSSR count). The average Bonchev–Trinajstić information content (AvgIpc) is 3.08. The van der Waals surface area contributed by atoms with Crippen LogP contribution in [0.15, 0.2) is 57.8 Å². The number of aromatic nitrogens is 2. The van der Waals surface area contributed by atoms with Crippen LogP contribution in [0.5, 0.6) is 5.75 Å². The highest BCUT2D eigenvalue weighted by Crippen LogP contribution is 2.21. The summed E-state index contributed by atoms with van der Waals surface area (Å²) in [5, 5.41) is 10.0. The molecule has 1 heterocycles. The van der Waals surface area contributed by atoms with Crippen molar-refractivity contribution in [1.29, 1.82) is 0 Å². The molecule has 0 radical (unpaired) electrons. The van der Waals surface area contributed by atoms with E-state index >= 15 is 0 Å². The number of ether oxygens (including phenoxy) is 1. The van der Waals surface area contributed by atoms with Crippen molar-refractivity contribution in [2.45, 2.75) is 11.8 Å². The number of carbonyl (C=O) groups is 1. The van der Waals surface area contributed by atoms with Crippen molar-refractivity contribution in [3.05, 3.63) is 54.1 Å². The van der Waals surface area contributed by atoms with E-state index in [2.05, 4.69) is 15.5 Å². The third-order valence-electron chi connectivity index (χ3n) is 3.56. The molecule has 0 spiro atoms. The Morgan fingerprint density at radius 3 is 2.56 bits per heavy atom. The number of sulfone groups is 1. The van der Waals surface area contributed by atoms with Crippen molar-refractivity contribution < 1.29 is 22.4 Å². The van der Waals surface area contributed by atoms with Gasteiger partial charge in [0.15, 0.2) is 16.4 Å². The molecule has 9 heteroatoms. The lowest BCUT2D eigenvalue weighted by Crippen LogP contribution is -2.20. The Bertz CT molecular complexity index is 1060. The van der Waals surface area contributed by atoms with Gasteiger partial charge >= 0.3 is 6.01 Å². The lowest BCUT2D eigenvalue weighted by atomic mass is 10.2. The van der Waals surface area contributed by atoms with Crippen LogP contribution in [0, 0.1) is 6.92 Å². The molecule has 1 amide bonds. The van der Waals surface area contributed by atoms with Crippen molar-refractivity contribution in [3.63, 3.8) is 0 Å². The van der Waals surface area contributed by atoms with Crippen molar-refractivity contribution >= 4 is 21.8 Å². The summed E-state index contributed by atoms with van der Waals surface area (Å²) in [6.45, 7) is 1.72. The first-order chi connectivity index (χ1) is 12.8. The van der Waals surface area contributed by atoms with Gasteiger partial charge in [-0.1, -0.05) is 17.2 Å². The molecule has 0 bridgehead atoms. The standard InChI is InChI=1S/C18H17N3O5S/c1-12-4-3-5-14(10-12)25-11-16(22)19-18-21-20-17(26-18)13-6-8-15(9-7-13)27(2,23)24/h3-10H,11H2,1-2H3,(H,19,21,22). The summed E-state index contributed by atoms with van der Waals surface area (Å²) < 4.78 is 33.7. The number of hydrogen-bond acceptors (Lipinski definition) is 7. The molecule has 3 aromatic rings. The summed E-state index contributed by atoms with van der Waals surface area (Å²) in [5.41, 5.74) is 1.56. The van der Waals surface area contributed by atoms with Crippen molar-refractivity contribution in [3.8, 4) is 17.2 Å². The maximum atomic E-state index is 11.9. The van der Waals surface area contributed by atoms with Crippen LogP contribution in [0.4, 0.5) is 6.01 Å². The number of anilines is 1. The van der Waals surface area contributed by atoms with Crippen molar-refractivity contribution in [2.75, 3.05) is 18.2 Å². The third-order valence-corrected chi connectivity index (χ3v) is 4.69. The number of rotatable bonds is 6. The first-order valence-electron chi connectivity index (χ1n) is 7.94. The number of carbonyl (C=O) groups excluding carboxylic acids is 1. The molecular formula is C18H17N3O5S. The second-order valence-corrected chi connectivity index (χ2v) is 7.88. The molecular weight excluding hydrogens is 370 g/mol. The number of nitrogens with zero attached hydrogens (tertiary/aromatic N) is 2. The monoisotopic (exact) mass is 387 g/mol. The second-order valence-electron chi connectivity index (χ2n) is 5.86. The van der Waals surface area contributed by atoms with E-state index in [1.807, 2.05) is 25.1 Å². The topological polar surface area (TPSA) is 111 Å². The van der Waals surface area contributed by atoms with Gasteiger partial charge in [0.05, 0.1) is 4.90 Å². The van der Waals surface area contributed by atoms with E-state index in [4.69, 9.17) is 9.15 Å². The van der Waals surface area contributed by atoms with Crippen LogP contribution in [-0.4, -0.2) is 37.4 Å². The van der Waals surface area contributed by atoms with Gasteiger partial charge in [-0.05, 0) is 48.9 Å². The van der Waals surface area contributed by atoms with E-state index in [0.29, 0.717) is 11.3 Å². The van der Waals surface area contributed by atoms with Crippen molar-refractivity contribution in [1.82, 2.24) is 10.2 Å². The Labute approximate surface area is 156 Å². The molecule has 0 aliphatic carbocycles. The largest absolute Gasteiger partial charge is 0.484 e. The van der Waals surface area contributed by atoms with E-state index < -0.39 is 15.7 Å². The van der Waals surface area contributed by atoms with Crippen LogP contribution >= 0.6 is 0 Å². The zero-order chi connectivity index (χ0) is 19.4. The smallest absolute Gasteiger partial charge is 0.322 e. The minimum absolute atomic E-state index is 0.0740. The molecule has 8 nitrogen and oxygen atoms in total. The van der Waals surface area contributed by atoms with Gasteiger partial charge in [-0.2, -0.15) is 0 Å². The fourth-order valence-electron chi connectivity index (χ4n) is 2.24. The van der Waals surface area contributed by atoms with Gasteiger partial charge in [-0.25, -0.2) is 8.42 Å². The molecule has 0 saturated heterocycles. The molecule has 0 aliphatic heterocycles. The zero-order valence-corrected chi connectivity index (χ0v) is 15.5. The Hall–Kier alpha value is -3.20. The summed E-state index contributed by atoms with van der Waals surface area (Å²) in [6.07, 6.45) is 1.13. The lowest BCUT2D eigenvalue weighted by Gasteiger charge is -2.05. The van der Waals surface area contributed by atoms with Gasteiger partial charge in [0.1, 0.15) is 5.75 Å². The molecule has 0 unspecified atom stereocenters. The summed E-state index contributed by atoms with van der Waals surface area (Å²) >= 11 is 0. The highest BCUT2D eigenvalue weighted by molar-refractivity contribution is 7.90. The maximum absolute atomic E-state index is 11.9. The molecule has 1 aromatic heterocycles. The van der Waals surface area contributed by atoms with Crippen LogP contribution in [0.25, 0.3) is 11.5 Å². The Kier molecular flexibility index (Phi) is 5.22. The van der Waals surface area contributed by atoms with Crippen LogP contribution in [0.1, 0.15) is 5.56 Å². The maximum Gasteiger partial charge on any atom is 0.322 e. The summed E-state index contributed by atoms with van der Waals surface area (Å²) in [6, 6.07) is 13.3. The van der Waals surface area contributed by atoms with Gasteiger partial charge in [0, 0.05) is 11.8 Å². The normalized spacial score (nSPS) is 11.2. The molecule has 0 atom stereocenters. The molecule has 0 saturated carbocycles. The zero-order valence-electron chi connectivity index (χ0n) is 14.7. The molecule has 2 aromatic carbocycles. The van der Waals surface area contributed by atoms with Crippen LogP contribution in [0.3, 0.4) is 0 Å². The average molecular weight is 387 g/mol. The fourth-order valence-corrected chi connectivity index (χ4v) is 2.87. The van der Waals surface area contributed by atoms with Gasteiger partial charge in [0.25, 0.3) is 5.91 Å². The predicted octanol–water partition coefficient (Wildman–Crippen LogP) is 2.47. The molecule has 140 valence electrons. The third kappa shape index (κ3) is 4.91. The Balaban J connectivity index is 1.61. The highest BCUT2D eigenvalue weighted by Gasteiger charge is 2.13. The molecule has 0 aliphatic rings. The minimum Gasteiger partial charge on any atom is -0.484 e. The lowest BCUT2D eigenvalue weighted by molar-refractivity contribution is -0.118. The van der Waals surface area contributed by atoms with Gasteiger partial charge in [-0.3, -0.25) is 10.1 Å². The predicted molar refractivity (Wildman–Crippen MR) is 98.1 cm³/mol. The first kappa shape index (κ1) is 18.6. The van der Waals surface area contributed by atoms with Gasteiger partial charge in [-0.15, -0.1) is 5.10 Å². The summed E-state index contributed by atoms with van der Waals surface area (Å²) in [4.78, 5) is 12.1. The number of nitrogens with one attached hydrogen (secondary N) is 1. The highest BCUT2D eigenvalue weighted by atomic mass is 32.2. The number of hydrogen-bond donors (Lipinski definition) is 1. The van der Waals surface area contributed by atoms with E-state index in [1.165, 1.54) is 12.1 Å². The van der Waals surface area contributed by atoms with Gasteiger partial charge in [0.2, 0.25) is 5.89 Å². The second kappa shape index (κ2) is 7.58. The number of benzene rings is 2. The summed E-state index contributed by atoms with van der Waals surface area (Å²) in [7, 11) is -3.28. The fraction of sp³-hybridized carbons (Fsp3) is 0.167. The number of amides is 1. The SMILES string of the molecule is Cc1cccc(OCC(=O)Nc2nnc(-c3ccc(S(C)(=O)=O)cc3)o2)c1. The first-order valence-corrected chi connectivity index (χ1v) is 9.84. The molecule has 0 fully saturated rings. The van der Waals surface area contributed by atoms with E-state index in [1.54, 1.807) is 18.2 Å². The minimum atomic E-state index is -3.28. The molecule has 27 heavy (non-hydrogen) atoms. The Morgan fingerprint density at radius 2 is 1.89 bits per heavy atom.